The van der Waals surface area contributed by atoms with Gasteiger partial charge in [-0.05, 0) is 89.9 Å². The number of aliphatic hydroxyl groups is 5. The predicted molar refractivity (Wildman–Crippen MR) is 417 cm³/mol. The molecule has 1 aliphatic rings. The minimum absolute atomic E-state index is 0.0119. The molecule has 576 valence electrons. The first-order valence-electron chi connectivity index (χ1n) is 42.9. The smallest absolute Gasteiger partial charge is 0.305 e. The fourth-order valence-corrected chi connectivity index (χ4v) is 13.7. The van der Waals surface area contributed by atoms with Crippen LogP contribution in [0.15, 0.2) is 48.6 Å². The van der Waals surface area contributed by atoms with Gasteiger partial charge < -0.3 is 45.1 Å². The molecule has 7 atom stereocenters. The third kappa shape index (κ3) is 63.3. The van der Waals surface area contributed by atoms with Gasteiger partial charge in [-0.15, -0.1) is 0 Å². The summed E-state index contributed by atoms with van der Waals surface area (Å²) in [6.45, 7) is 4.40. The van der Waals surface area contributed by atoms with Crippen molar-refractivity contribution in [2.24, 2.45) is 0 Å². The van der Waals surface area contributed by atoms with Crippen LogP contribution in [-0.4, -0.2) is 100 Å². The number of esters is 1. The van der Waals surface area contributed by atoms with Crippen molar-refractivity contribution in [1.82, 2.24) is 5.32 Å². The van der Waals surface area contributed by atoms with E-state index in [1.807, 2.05) is 6.08 Å². The second-order valence-electron chi connectivity index (χ2n) is 29.9. The zero-order valence-corrected chi connectivity index (χ0v) is 64.5. The molecule has 0 aliphatic carbocycles. The van der Waals surface area contributed by atoms with E-state index >= 15 is 0 Å². The first-order valence-corrected chi connectivity index (χ1v) is 42.9. The Morgan fingerprint density at radius 1 is 0.378 bits per heavy atom. The lowest BCUT2D eigenvalue weighted by molar-refractivity contribution is -0.302. The van der Waals surface area contributed by atoms with Crippen LogP contribution in [0.25, 0.3) is 0 Å². The Balaban J connectivity index is 1.89. The normalized spacial score (nSPS) is 17.4. The maximum Gasteiger partial charge on any atom is 0.305 e. The lowest BCUT2D eigenvalue weighted by Gasteiger charge is -2.40. The number of carbonyl (C=O) groups is 2. The first kappa shape index (κ1) is 93.6. The zero-order valence-electron chi connectivity index (χ0n) is 64.5. The van der Waals surface area contributed by atoms with Crippen molar-refractivity contribution >= 4 is 11.9 Å². The molecule has 0 aromatic carbocycles. The second kappa shape index (κ2) is 75.8. The van der Waals surface area contributed by atoms with E-state index in [1.54, 1.807) is 6.08 Å². The number of unbranched alkanes of at least 4 members (excludes halogenated alkanes) is 57. The number of ether oxygens (including phenoxy) is 3. The number of hydrogen-bond acceptors (Lipinski definition) is 10. The lowest BCUT2D eigenvalue weighted by Crippen LogP contribution is -2.60. The van der Waals surface area contributed by atoms with Crippen LogP contribution in [0.4, 0.5) is 0 Å². The van der Waals surface area contributed by atoms with Crippen LogP contribution in [0.2, 0.25) is 0 Å². The predicted octanol–water partition coefficient (Wildman–Crippen LogP) is 23.8. The third-order valence-electron chi connectivity index (χ3n) is 20.4. The van der Waals surface area contributed by atoms with Crippen molar-refractivity contribution < 1.29 is 49.3 Å². The van der Waals surface area contributed by atoms with E-state index in [0.29, 0.717) is 19.4 Å². The minimum Gasteiger partial charge on any atom is -0.466 e. The number of nitrogens with one attached hydrogen (secondary N) is 1. The summed E-state index contributed by atoms with van der Waals surface area (Å²) in [5.41, 5.74) is 0. The number of amides is 1. The summed E-state index contributed by atoms with van der Waals surface area (Å²) in [7, 11) is 0. The highest BCUT2D eigenvalue weighted by Crippen LogP contribution is 2.24. The molecule has 0 radical (unpaired) electrons. The second-order valence-corrected chi connectivity index (χ2v) is 29.9. The van der Waals surface area contributed by atoms with Crippen LogP contribution >= 0.6 is 0 Å². The van der Waals surface area contributed by atoms with E-state index in [-0.39, 0.29) is 18.5 Å². The van der Waals surface area contributed by atoms with Crippen molar-refractivity contribution in [1.29, 1.82) is 0 Å². The Morgan fingerprint density at radius 3 is 1.04 bits per heavy atom. The first-order chi connectivity index (χ1) is 48.2. The van der Waals surface area contributed by atoms with Crippen molar-refractivity contribution in [3.63, 3.8) is 0 Å². The Hall–Kier alpha value is -2.38. The van der Waals surface area contributed by atoms with Gasteiger partial charge in [-0.25, -0.2) is 0 Å². The largest absolute Gasteiger partial charge is 0.466 e. The molecule has 1 heterocycles. The number of allylic oxidation sites excluding steroid dienone is 7. The summed E-state index contributed by atoms with van der Waals surface area (Å²) in [4.78, 5) is 25.2. The summed E-state index contributed by atoms with van der Waals surface area (Å²) >= 11 is 0. The maximum absolute atomic E-state index is 13.1. The quantitative estimate of drug-likeness (QED) is 0.0195. The van der Waals surface area contributed by atoms with Gasteiger partial charge in [0.05, 0.1) is 32.0 Å². The molecule has 7 unspecified atom stereocenters. The molecular weight excluding hydrogens is 1220 g/mol. The van der Waals surface area contributed by atoms with Crippen LogP contribution in [0.1, 0.15) is 431 Å². The molecule has 1 fully saturated rings. The maximum atomic E-state index is 13.1. The molecule has 1 amide bonds. The van der Waals surface area contributed by atoms with Gasteiger partial charge in [0.25, 0.3) is 0 Å². The summed E-state index contributed by atoms with van der Waals surface area (Å²) in [6.07, 6.45) is 91.6. The van der Waals surface area contributed by atoms with E-state index in [1.165, 1.54) is 340 Å². The highest BCUT2D eigenvalue weighted by Gasteiger charge is 2.44. The molecule has 1 rings (SSSR count). The van der Waals surface area contributed by atoms with Gasteiger partial charge in [-0.3, -0.25) is 9.59 Å². The minimum atomic E-state index is -1.57. The molecule has 0 aromatic rings. The van der Waals surface area contributed by atoms with Gasteiger partial charge in [0.2, 0.25) is 5.91 Å². The fourth-order valence-electron chi connectivity index (χ4n) is 13.7. The third-order valence-corrected chi connectivity index (χ3v) is 20.4. The molecule has 0 saturated carbocycles. The van der Waals surface area contributed by atoms with E-state index < -0.39 is 49.5 Å². The Kier molecular flexibility index (Phi) is 72.4. The number of aliphatic hydroxyl groups excluding tert-OH is 5. The summed E-state index contributed by atoms with van der Waals surface area (Å²) in [5.74, 6) is -0.164. The van der Waals surface area contributed by atoms with E-state index in [9.17, 15) is 35.1 Å². The lowest BCUT2D eigenvalue weighted by atomic mass is 9.99. The molecule has 0 bridgehead atoms. The summed E-state index contributed by atoms with van der Waals surface area (Å²) in [5, 5.41) is 54.6. The SMILES string of the molecule is CCCCCCCC/C=C\CCCCCCCCCC(=O)OCCCCCCCCCCCCCCCCC/C=C\C/C=C\CCCCCCCCCCCCCCCCCCCC(=O)NC(COC1OC(CO)C(O)C(O)C1O)C(O)/C=C/CCCCCCCCCCCCCC. The molecule has 1 saturated heterocycles. The number of rotatable bonds is 77. The van der Waals surface area contributed by atoms with Crippen molar-refractivity contribution in [3.8, 4) is 0 Å². The Morgan fingerprint density at radius 2 is 0.684 bits per heavy atom. The highest BCUT2D eigenvalue weighted by atomic mass is 16.7. The average Bonchev–Trinajstić information content (AvgIpc) is 0.833. The van der Waals surface area contributed by atoms with Gasteiger partial charge in [-0.1, -0.05) is 377 Å². The van der Waals surface area contributed by atoms with E-state index in [0.717, 1.165) is 64.2 Å². The monoisotopic (exact) mass is 1380 g/mol. The Bertz CT molecular complexity index is 1770. The molecule has 6 N–H and O–H groups in total. The van der Waals surface area contributed by atoms with Crippen LogP contribution in [0.3, 0.4) is 0 Å². The van der Waals surface area contributed by atoms with Crippen molar-refractivity contribution in [2.75, 3.05) is 19.8 Å². The van der Waals surface area contributed by atoms with Gasteiger partial charge >= 0.3 is 5.97 Å². The van der Waals surface area contributed by atoms with Crippen LogP contribution in [0, 0.1) is 0 Å². The van der Waals surface area contributed by atoms with Crippen molar-refractivity contribution in [3.05, 3.63) is 48.6 Å². The number of hydrogen-bond donors (Lipinski definition) is 6. The van der Waals surface area contributed by atoms with Crippen LogP contribution in [-0.2, 0) is 23.8 Å². The molecular formula is C87H163NO10. The molecule has 0 aromatic heterocycles. The van der Waals surface area contributed by atoms with Gasteiger partial charge in [0.15, 0.2) is 6.29 Å². The van der Waals surface area contributed by atoms with Crippen molar-refractivity contribution in [2.45, 2.75) is 474 Å². The van der Waals surface area contributed by atoms with Crippen LogP contribution < -0.4 is 5.32 Å². The summed E-state index contributed by atoms with van der Waals surface area (Å²) < 4.78 is 16.8. The molecule has 11 heteroatoms. The molecule has 11 nitrogen and oxygen atoms in total. The van der Waals surface area contributed by atoms with Gasteiger partial charge in [0.1, 0.15) is 24.4 Å². The highest BCUT2D eigenvalue weighted by molar-refractivity contribution is 5.76. The number of carbonyl (C=O) groups excluding carboxylic acids is 2. The average molecular weight is 1380 g/mol. The fraction of sp³-hybridized carbons (Fsp3) is 0.885. The Labute approximate surface area is 606 Å². The van der Waals surface area contributed by atoms with Gasteiger partial charge in [-0.2, -0.15) is 0 Å². The zero-order chi connectivity index (χ0) is 70.8. The molecule has 1 aliphatic heterocycles. The van der Waals surface area contributed by atoms with Gasteiger partial charge in [0, 0.05) is 12.8 Å². The summed E-state index contributed by atoms with van der Waals surface area (Å²) in [6, 6.07) is -0.808. The molecule has 0 spiro atoms. The topological polar surface area (TPSA) is 175 Å². The molecule has 98 heavy (non-hydrogen) atoms. The van der Waals surface area contributed by atoms with E-state index in [4.69, 9.17) is 14.2 Å². The standard InChI is InChI=1S/C87H163NO10/c1-3-5-7-9-11-13-15-17-19-43-47-51-55-59-63-67-71-75-83(92)96-76-72-68-64-60-56-52-48-45-42-40-38-36-34-32-30-28-26-24-22-20-21-23-25-27-29-31-33-35-37-39-41-44-46-50-54-58-62-66-70-74-82(91)88-79(78-97-87-86(95)85(94)84(93)81(77-89)98-87)80(90)73-69-65-61-57-53-49-18-16-14-12-10-8-6-4-2/h17,19-21,24,26,69,73,79-81,84-87,89-90,93-95H,3-16,18,22-23,25,27-68,70-72,74-78H2,1-2H3,(H,88,91)/b19-17-,21-20-,26-24-,73-69+. The van der Waals surface area contributed by atoms with E-state index in [2.05, 4.69) is 55.6 Å². The van der Waals surface area contributed by atoms with Crippen LogP contribution in [0.5, 0.6) is 0 Å².